The number of fused-ring (bicyclic) bond motifs is 1. The van der Waals surface area contributed by atoms with Gasteiger partial charge in [0.15, 0.2) is 18.2 Å². The first kappa shape index (κ1) is 23.9. The summed E-state index contributed by atoms with van der Waals surface area (Å²) in [5.74, 6) is 1.10. The smallest absolute Gasteiger partial charge is 0.344 e. The minimum Gasteiger partial charge on any atom is -0.488 e. The van der Waals surface area contributed by atoms with Crippen molar-refractivity contribution in [2.24, 2.45) is 0 Å². The first-order valence-electron chi connectivity index (χ1n) is 11.2. The van der Waals surface area contributed by atoms with E-state index in [0.29, 0.717) is 41.8 Å². The standard InChI is InChI=1S/C26H28N4O5/c1-26(2,3)35-23(31)17-34-21-11-9-19(10-12-21)28-20-15-22-24(27-16-20)30(13-14-33-22)25(32)29-18-7-5-4-6-8-18/h4-12,15-16,28H,13-14,17H2,1-3H3,(H,29,32). The van der Waals surface area contributed by atoms with Gasteiger partial charge in [-0.05, 0) is 57.2 Å². The minimum absolute atomic E-state index is 0.162. The van der Waals surface area contributed by atoms with E-state index in [1.54, 1.807) is 29.3 Å². The van der Waals surface area contributed by atoms with Crippen molar-refractivity contribution in [2.45, 2.75) is 26.4 Å². The van der Waals surface area contributed by atoms with Gasteiger partial charge in [-0.3, -0.25) is 4.90 Å². The topological polar surface area (TPSA) is 102 Å². The molecule has 0 saturated carbocycles. The van der Waals surface area contributed by atoms with E-state index in [4.69, 9.17) is 14.2 Å². The molecule has 0 radical (unpaired) electrons. The Morgan fingerprint density at radius 1 is 1.03 bits per heavy atom. The maximum atomic E-state index is 12.8. The molecule has 0 aliphatic carbocycles. The molecule has 9 heteroatoms. The molecule has 0 bridgehead atoms. The fraction of sp³-hybridized carbons (Fsp3) is 0.269. The first-order valence-corrected chi connectivity index (χ1v) is 11.2. The summed E-state index contributed by atoms with van der Waals surface area (Å²) in [5, 5.41) is 6.13. The van der Waals surface area contributed by atoms with Gasteiger partial charge in [0, 0.05) is 17.4 Å². The van der Waals surface area contributed by atoms with Gasteiger partial charge >= 0.3 is 12.0 Å². The van der Waals surface area contributed by atoms with Crippen molar-refractivity contribution in [3.05, 3.63) is 66.9 Å². The number of pyridine rings is 1. The van der Waals surface area contributed by atoms with Crippen molar-refractivity contribution < 1.29 is 23.8 Å². The molecular formula is C26H28N4O5. The Balaban J connectivity index is 1.37. The van der Waals surface area contributed by atoms with E-state index in [0.717, 1.165) is 5.69 Å². The van der Waals surface area contributed by atoms with Crippen LogP contribution in [-0.2, 0) is 9.53 Å². The third-order valence-electron chi connectivity index (χ3n) is 4.85. The van der Waals surface area contributed by atoms with Crippen LogP contribution in [0.4, 0.5) is 27.7 Å². The molecule has 0 unspecified atom stereocenters. The number of esters is 1. The van der Waals surface area contributed by atoms with Crippen molar-refractivity contribution in [1.82, 2.24) is 4.98 Å². The zero-order chi connectivity index (χ0) is 24.8. The van der Waals surface area contributed by atoms with Gasteiger partial charge in [0.1, 0.15) is 18.0 Å². The highest BCUT2D eigenvalue weighted by Crippen LogP contribution is 2.33. The summed E-state index contributed by atoms with van der Waals surface area (Å²) in [7, 11) is 0. The zero-order valence-corrected chi connectivity index (χ0v) is 19.9. The van der Waals surface area contributed by atoms with E-state index in [1.807, 2.05) is 63.2 Å². The lowest BCUT2D eigenvalue weighted by atomic mass is 10.2. The average molecular weight is 477 g/mol. The lowest BCUT2D eigenvalue weighted by Gasteiger charge is -2.28. The summed E-state index contributed by atoms with van der Waals surface area (Å²) in [5.41, 5.74) is 1.66. The Bertz CT molecular complexity index is 1180. The molecule has 2 aromatic carbocycles. The molecule has 1 aliphatic rings. The van der Waals surface area contributed by atoms with Crippen LogP contribution in [0.25, 0.3) is 0 Å². The minimum atomic E-state index is -0.552. The average Bonchev–Trinajstić information content (AvgIpc) is 2.82. The van der Waals surface area contributed by atoms with Crippen LogP contribution in [0.5, 0.6) is 11.5 Å². The number of anilines is 4. The number of para-hydroxylation sites is 1. The number of benzene rings is 2. The molecule has 3 aromatic rings. The molecular weight excluding hydrogens is 448 g/mol. The second-order valence-corrected chi connectivity index (χ2v) is 8.87. The van der Waals surface area contributed by atoms with Crippen LogP contribution < -0.4 is 25.0 Å². The maximum absolute atomic E-state index is 12.8. The molecule has 0 saturated heterocycles. The second kappa shape index (κ2) is 10.3. The lowest BCUT2D eigenvalue weighted by Crippen LogP contribution is -2.41. The molecule has 182 valence electrons. The predicted octanol–water partition coefficient (Wildman–Crippen LogP) is 4.98. The van der Waals surface area contributed by atoms with Crippen molar-refractivity contribution >= 4 is 34.9 Å². The number of rotatable bonds is 6. The van der Waals surface area contributed by atoms with Crippen molar-refractivity contribution in [2.75, 3.05) is 35.3 Å². The summed E-state index contributed by atoms with van der Waals surface area (Å²) in [4.78, 5) is 30.6. The number of ether oxygens (including phenoxy) is 3. The quantitative estimate of drug-likeness (QED) is 0.484. The summed E-state index contributed by atoms with van der Waals surface area (Å²) in [6.07, 6.45) is 1.64. The molecule has 1 aliphatic heterocycles. The number of amides is 2. The van der Waals surface area contributed by atoms with Crippen molar-refractivity contribution in [1.29, 1.82) is 0 Å². The number of hydrogen-bond donors (Lipinski definition) is 2. The van der Waals surface area contributed by atoms with E-state index >= 15 is 0 Å². The van der Waals surface area contributed by atoms with Crippen LogP contribution in [0.1, 0.15) is 20.8 Å². The van der Waals surface area contributed by atoms with Gasteiger partial charge in [0.25, 0.3) is 0 Å². The lowest BCUT2D eigenvalue weighted by molar-refractivity contribution is -0.157. The normalized spacial score (nSPS) is 12.7. The van der Waals surface area contributed by atoms with E-state index in [2.05, 4.69) is 15.6 Å². The van der Waals surface area contributed by atoms with Crippen molar-refractivity contribution in [3.8, 4) is 11.5 Å². The number of carbonyl (C=O) groups is 2. The summed E-state index contributed by atoms with van der Waals surface area (Å²) in [6, 6.07) is 18.0. The highest BCUT2D eigenvalue weighted by molar-refractivity contribution is 6.02. The fourth-order valence-electron chi connectivity index (χ4n) is 3.39. The highest BCUT2D eigenvalue weighted by atomic mass is 16.6. The van der Waals surface area contributed by atoms with E-state index < -0.39 is 11.6 Å². The molecule has 0 atom stereocenters. The van der Waals surface area contributed by atoms with Crippen LogP contribution >= 0.6 is 0 Å². The maximum Gasteiger partial charge on any atom is 0.344 e. The van der Waals surface area contributed by atoms with Gasteiger partial charge in [-0.2, -0.15) is 0 Å². The van der Waals surface area contributed by atoms with Crippen LogP contribution in [0.15, 0.2) is 66.9 Å². The molecule has 35 heavy (non-hydrogen) atoms. The van der Waals surface area contributed by atoms with Gasteiger partial charge in [-0.1, -0.05) is 18.2 Å². The first-order chi connectivity index (χ1) is 16.8. The molecule has 4 rings (SSSR count). The highest BCUT2D eigenvalue weighted by Gasteiger charge is 2.25. The second-order valence-electron chi connectivity index (χ2n) is 8.87. The van der Waals surface area contributed by atoms with E-state index in [9.17, 15) is 9.59 Å². The number of nitrogens with zero attached hydrogens (tertiary/aromatic N) is 2. The summed E-state index contributed by atoms with van der Waals surface area (Å²) >= 11 is 0. The largest absolute Gasteiger partial charge is 0.488 e. The summed E-state index contributed by atoms with van der Waals surface area (Å²) in [6.45, 7) is 6.03. The van der Waals surface area contributed by atoms with Crippen LogP contribution in [-0.4, -0.2) is 42.3 Å². The number of urea groups is 1. The predicted molar refractivity (Wildman–Crippen MR) is 134 cm³/mol. The van der Waals surface area contributed by atoms with Gasteiger partial charge in [0.05, 0.1) is 18.4 Å². The van der Waals surface area contributed by atoms with E-state index in [1.165, 1.54) is 0 Å². The molecule has 0 spiro atoms. The SMILES string of the molecule is CC(C)(C)OC(=O)COc1ccc(Nc2cnc3c(c2)OCCN3C(=O)Nc2ccccc2)cc1. The third kappa shape index (κ3) is 6.63. The monoisotopic (exact) mass is 476 g/mol. The number of aromatic nitrogens is 1. The van der Waals surface area contributed by atoms with E-state index in [-0.39, 0.29) is 12.6 Å². The number of hydrogen-bond acceptors (Lipinski definition) is 7. The van der Waals surface area contributed by atoms with Gasteiger partial charge in [-0.15, -0.1) is 0 Å². The van der Waals surface area contributed by atoms with Gasteiger partial charge < -0.3 is 24.8 Å². The number of carbonyl (C=O) groups excluding carboxylic acids is 2. The van der Waals surface area contributed by atoms with Gasteiger partial charge in [-0.25, -0.2) is 14.6 Å². The van der Waals surface area contributed by atoms with Crippen LogP contribution in [0.2, 0.25) is 0 Å². The molecule has 2 N–H and O–H groups in total. The van der Waals surface area contributed by atoms with Crippen LogP contribution in [0.3, 0.4) is 0 Å². The zero-order valence-electron chi connectivity index (χ0n) is 19.9. The fourth-order valence-corrected chi connectivity index (χ4v) is 3.39. The molecule has 2 amide bonds. The van der Waals surface area contributed by atoms with Gasteiger partial charge in [0.2, 0.25) is 0 Å². The molecule has 9 nitrogen and oxygen atoms in total. The van der Waals surface area contributed by atoms with Crippen molar-refractivity contribution in [3.63, 3.8) is 0 Å². The molecule has 0 fully saturated rings. The Morgan fingerprint density at radius 3 is 2.49 bits per heavy atom. The van der Waals surface area contributed by atoms with Crippen LogP contribution in [0, 0.1) is 0 Å². The third-order valence-corrected chi connectivity index (χ3v) is 4.85. The molecule has 1 aromatic heterocycles. The number of nitrogens with one attached hydrogen (secondary N) is 2. The Morgan fingerprint density at radius 2 is 1.77 bits per heavy atom. The summed E-state index contributed by atoms with van der Waals surface area (Å²) < 4.78 is 16.5. The Kier molecular flexibility index (Phi) is 7.05. The Hall–Kier alpha value is -4.27. The molecule has 2 heterocycles. The Labute approximate surface area is 204 Å².